The van der Waals surface area contributed by atoms with Crippen molar-refractivity contribution >= 4 is 51.8 Å². The zero-order valence-electron chi connectivity index (χ0n) is 58.1. The molecule has 0 aliphatic heterocycles. The minimum atomic E-state index is -0.490. The molecular formula is C73H95N15O9. The lowest BCUT2D eigenvalue weighted by molar-refractivity contribution is 0.0940. The van der Waals surface area contributed by atoms with Gasteiger partial charge in [-0.25, -0.2) is 0 Å². The largest absolute Gasteiger partial charge is 0.493 e. The number of nitrogens with zero attached hydrogens (tertiary/aromatic N) is 12. The van der Waals surface area contributed by atoms with Gasteiger partial charge in [0.05, 0.1) is 17.1 Å². The topological polar surface area (TPSA) is 360 Å². The maximum absolute atomic E-state index is 13.2. The third-order valence-corrected chi connectivity index (χ3v) is 16.4. The predicted octanol–water partition coefficient (Wildman–Crippen LogP) is 15.7. The number of amides is 3. The number of pyridine rings is 3. The molecule has 97 heavy (non-hydrogen) atoms. The molecule has 0 bridgehead atoms. The fourth-order valence-corrected chi connectivity index (χ4v) is 10.2. The minimum absolute atomic E-state index is 0.0148. The van der Waals surface area contributed by atoms with E-state index in [-0.39, 0.29) is 80.6 Å². The highest BCUT2D eigenvalue weighted by Crippen LogP contribution is 2.32. The maximum atomic E-state index is 13.2. The van der Waals surface area contributed by atoms with E-state index in [2.05, 4.69) is 81.3 Å². The average Bonchev–Trinajstić information content (AvgIpc) is 0.810. The quantitative estimate of drug-likeness (QED) is 0.0170. The Morgan fingerprint density at radius 1 is 0.454 bits per heavy atom. The molecule has 0 aliphatic carbocycles. The number of carbonyl (C=O) groups excluding carboxylic acids is 3. The Labute approximate surface area is 568 Å². The summed E-state index contributed by atoms with van der Waals surface area (Å²) in [4.78, 5) is 75.4. The Balaban J connectivity index is 0.000000310. The first-order chi connectivity index (χ1) is 46.7. The molecule has 2 unspecified atom stereocenters. The molecule has 3 heterocycles. The molecule has 0 aliphatic rings. The molecule has 24 nitrogen and oxygen atoms in total. The summed E-state index contributed by atoms with van der Waals surface area (Å²) >= 11 is 0. The number of hydrogen-bond donors (Lipinski definition) is 6. The summed E-state index contributed by atoms with van der Waals surface area (Å²) < 4.78 is 3.59. The number of rotatable bonds is 32. The van der Waals surface area contributed by atoms with Crippen LogP contribution in [0.2, 0.25) is 0 Å². The van der Waals surface area contributed by atoms with Gasteiger partial charge in [0.15, 0.2) is 17.1 Å². The standard InChI is InChI=1S/2C26H35N5O3.C21H25N5O3/c1-5-8-10-19(7-3)17-28-24(32)20-11-13-21(14-12-20)29-30-23-18(4)22(16-27)25(33)31(26(23)34)15-9-6-2;1-5-8-10-19(7-3)17-31-25(33)22(16-27)18(4)23(26(31)34)30-29-21-13-11-20(12-14-21)24(32)28-15-9-6-2;1-4-7-12-26-20(28)17(13-22)16(5-2)18(21(26)29)25-24-15-10-8-14(9-11-15)19(27)23-6-3/h2*11-14,19,33H,5-10,15,17H2,1-4H3,(H,28,32);8-11,28H,4-7,12H2,1-3H3,(H,23,27). The first kappa shape index (κ1) is 79.0. The zero-order chi connectivity index (χ0) is 71.6. The molecule has 6 aromatic rings. The van der Waals surface area contributed by atoms with Crippen LogP contribution in [0.3, 0.4) is 0 Å². The number of nitrogens with one attached hydrogen (secondary N) is 3. The van der Waals surface area contributed by atoms with E-state index in [4.69, 9.17) is 0 Å². The van der Waals surface area contributed by atoms with Gasteiger partial charge in [-0.05, 0) is 144 Å². The minimum Gasteiger partial charge on any atom is -0.493 e. The SMILES string of the molecule is CCCCC(CC)CNC(=O)c1ccc(N=Nc2c(C)c(C#N)c(O)n(CCCC)c2=O)cc1.CCCCNC(=O)c1ccc(N=Nc2c(C)c(C#N)c(O)n(CC(CC)CCCC)c2=O)cc1.CCCCn1c(O)c(C#N)c(CC)c(N=Nc2ccc(C(=O)NCC)cc2)c1=O. The summed E-state index contributed by atoms with van der Waals surface area (Å²) in [6.45, 7) is 24.0. The van der Waals surface area contributed by atoms with E-state index in [1.165, 1.54) is 13.7 Å². The van der Waals surface area contributed by atoms with Crippen LogP contribution in [-0.4, -0.2) is 66.4 Å². The Morgan fingerprint density at radius 2 is 0.814 bits per heavy atom. The Morgan fingerprint density at radius 3 is 1.21 bits per heavy atom. The van der Waals surface area contributed by atoms with Crippen LogP contribution >= 0.6 is 0 Å². The van der Waals surface area contributed by atoms with Crippen LogP contribution in [0, 0.1) is 59.7 Å². The van der Waals surface area contributed by atoms with Gasteiger partial charge >= 0.3 is 0 Å². The van der Waals surface area contributed by atoms with Crippen molar-refractivity contribution in [1.29, 1.82) is 15.8 Å². The van der Waals surface area contributed by atoms with Crippen LogP contribution in [0.15, 0.2) is 118 Å². The highest BCUT2D eigenvalue weighted by atomic mass is 16.3. The van der Waals surface area contributed by atoms with Crippen LogP contribution in [-0.2, 0) is 26.1 Å². The van der Waals surface area contributed by atoms with Gasteiger partial charge in [0.1, 0.15) is 34.9 Å². The van der Waals surface area contributed by atoms with Crippen LogP contribution in [0.4, 0.5) is 34.1 Å². The predicted molar refractivity (Wildman–Crippen MR) is 376 cm³/mol. The summed E-state index contributed by atoms with van der Waals surface area (Å²) in [7, 11) is 0. The molecule has 0 fully saturated rings. The molecule has 24 heteroatoms. The number of nitriles is 3. The molecule has 6 rings (SSSR count). The number of aromatic hydroxyl groups is 3. The van der Waals surface area contributed by atoms with Gasteiger partial charge in [0.2, 0.25) is 17.6 Å². The first-order valence-corrected chi connectivity index (χ1v) is 33.7. The molecule has 3 aromatic carbocycles. The first-order valence-electron chi connectivity index (χ1n) is 33.7. The molecule has 0 saturated carbocycles. The smallest absolute Gasteiger partial charge is 0.281 e. The second kappa shape index (κ2) is 41.4. The summed E-state index contributed by atoms with van der Waals surface area (Å²) in [6.07, 6.45) is 13.6. The molecule has 516 valence electrons. The fourth-order valence-electron chi connectivity index (χ4n) is 10.2. The fraction of sp³-hybridized carbons (Fsp3) is 0.466. The maximum Gasteiger partial charge on any atom is 0.281 e. The van der Waals surface area contributed by atoms with E-state index >= 15 is 0 Å². The Bertz CT molecular complexity index is 4020. The Kier molecular flexibility index (Phi) is 33.8. The average molecular weight is 1330 g/mol. The monoisotopic (exact) mass is 1330 g/mol. The normalized spacial score (nSPS) is 11.6. The lowest BCUT2D eigenvalue weighted by Gasteiger charge is -2.19. The third kappa shape index (κ3) is 22.3. The molecular weight excluding hydrogens is 1230 g/mol. The number of hydrogen-bond acceptors (Lipinski definition) is 18. The lowest BCUT2D eigenvalue weighted by atomic mass is 9.99. The van der Waals surface area contributed by atoms with Crippen molar-refractivity contribution in [1.82, 2.24) is 29.7 Å². The van der Waals surface area contributed by atoms with E-state index in [1.807, 2.05) is 39.0 Å². The van der Waals surface area contributed by atoms with Crippen LogP contribution < -0.4 is 32.6 Å². The van der Waals surface area contributed by atoms with Gasteiger partial charge < -0.3 is 31.3 Å². The van der Waals surface area contributed by atoms with Gasteiger partial charge in [-0.2, -0.15) is 31.1 Å². The van der Waals surface area contributed by atoms with Gasteiger partial charge in [-0.3, -0.25) is 42.5 Å². The summed E-state index contributed by atoms with van der Waals surface area (Å²) in [5.74, 6) is -0.770. The van der Waals surface area contributed by atoms with Crippen molar-refractivity contribution in [3.8, 4) is 35.8 Å². The number of aromatic nitrogens is 3. The van der Waals surface area contributed by atoms with E-state index in [9.17, 15) is 59.9 Å². The molecule has 6 N–H and O–H groups in total. The van der Waals surface area contributed by atoms with Gasteiger partial charge in [0.25, 0.3) is 34.4 Å². The van der Waals surface area contributed by atoms with Crippen molar-refractivity contribution in [2.75, 3.05) is 19.6 Å². The molecule has 0 spiro atoms. The molecule has 0 saturated heterocycles. The molecule has 3 aromatic heterocycles. The molecule has 3 amide bonds. The third-order valence-electron chi connectivity index (χ3n) is 16.4. The summed E-state index contributed by atoms with van der Waals surface area (Å²) in [5, 5.41) is 93.1. The highest BCUT2D eigenvalue weighted by molar-refractivity contribution is 5.95. The van der Waals surface area contributed by atoms with Crippen LogP contribution in [0.5, 0.6) is 17.6 Å². The van der Waals surface area contributed by atoms with Crippen molar-refractivity contribution < 1.29 is 29.7 Å². The van der Waals surface area contributed by atoms with Gasteiger partial charge in [-0.1, -0.05) is 113 Å². The molecule has 2 atom stereocenters. The zero-order valence-corrected chi connectivity index (χ0v) is 58.1. The summed E-state index contributed by atoms with van der Waals surface area (Å²) in [5.41, 5.74) is 2.62. The van der Waals surface area contributed by atoms with Crippen LogP contribution in [0.1, 0.15) is 217 Å². The van der Waals surface area contributed by atoms with Crippen molar-refractivity contribution in [3.63, 3.8) is 0 Å². The highest BCUT2D eigenvalue weighted by Gasteiger charge is 2.24. The van der Waals surface area contributed by atoms with Crippen molar-refractivity contribution in [2.24, 2.45) is 42.5 Å². The number of unbranched alkanes of at least 4 members (excludes halogenated alkanes) is 5. The van der Waals surface area contributed by atoms with Gasteiger partial charge in [0, 0.05) is 72.6 Å². The van der Waals surface area contributed by atoms with E-state index in [0.717, 1.165) is 77.0 Å². The van der Waals surface area contributed by atoms with Crippen LogP contribution in [0.25, 0.3) is 0 Å². The Hall–Kier alpha value is -10.4. The second-order valence-electron chi connectivity index (χ2n) is 23.3. The second-order valence-corrected chi connectivity index (χ2v) is 23.3. The number of carbonyl (C=O) groups is 3. The summed E-state index contributed by atoms with van der Waals surface area (Å²) in [6, 6.07) is 25.6. The van der Waals surface area contributed by atoms with Gasteiger partial charge in [-0.15, -0.1) is 15.3 Å². The van der Waals surface area contributed by atoms with E-state index in [0.29, 0.717) is 109 Å². The van der Waals surface area contributed by atoms with Crippen molar-refractivity contribution in [2.45, 2.75) is 192 Å². The van der Waals surface area contributed by atoms with E-state index in [1.54, 1.807) is 93.6 Å². The van der Waals surface area contributed by atoms with E-state index < -0.39 is 16.7 Å². The molecule has 0 radical (unpaired) electrons. The number of benzene rings is 3. The van der Waals surface area contributed by atoms with Crippen molar-refractivity contribution in [3.05, 3.63) is 154 Å². The lowest BCUT2D eigenvalue weighted by Crippen LogP contribution is -2.29. The number of azo groups is 3.